The Morgan fingerprint density at radius 3 is 2.33 bits per heavy atom. The smallest absolute Gasteiger partial charge is 0.395 e. The predicted molar refractivity (Wildman–Crippen MR) is 139 cm³/mol. The lowest BCUT2D eigenvalue weighted by molar-refractivity contribution is -0.130. The van der Waals surface area contributed by atoms with Gasteiger partial charge in [0.25, 0.3) is 5.91 Å². The van der Waals surface area contributed by atoms with Crippen molar-refractivity contribution in [3.05, 3.63) is 45.6 Å². The molecule has 1 aromatic carbocycles. The minimum Gasteiger partial charge on any atom is -0.395 e. The van der Waals surface area contributed by atoms with Crippen LogP contribution in [0, 0.1) is 18.8 Å². The van der Waals surface area contributed by atoms with E-state index in [-0.39, 0.29) is 25.0 Å². The monoisotopic (exact) mass is 531 g/mol. The molecule has 0 heterocycles. The molecule has 1 fully saturated rings. The number of carbonyl (C=O) groups excluding carboxylic acids is 1. The Bertz CT molecular complexity index is 907. The van der Waals surface area contributed by atoms with Crippen LogP contribution in [-0.4, -0.2) is 54.4 Å². The van der Waals surface area contributed by atoms with E-state index >= 15 is 0 Å². The fourth-order valence-electron chi connectivity index (χ4n) is 5.11. The Balaban J connectivity index is 2.51. The summed E-state index contributed by atoms with van der Waals surface area (Å²) in [4.78, 5) is 14.9. The summed E-state index contributed by atoms with van der Waals surface area (Å²) in [5.41, 5.74) is 5.27. The number of aliphatic hydroxyl groups excluding tert-OH is 1. The van der Waals surface area contributed by atoms with Crippen LogP contribution in [0.4, 0.5) is 13.2 Å². The molecule has 1 saturated carbocycles. The molecule has 0 radical (unpaired) electrons. The Kier molecular flexibility index (Phi) is 10.7. The summed E-state index contributed by atoms with van der Waals surface area (Å²) >= 11 is 6.58. The van der Waals surface area contributed by atoms with Gasteiger partial charge in [0.15, 0.2) is 0 Å². The lowest BCUT2D eigenvalue weighted by Gasteiger charge is -2.41. The topological polar surface area (TPSA) is 78.6 Å². The highest BCUT2D eigenvalue weighted by Crippen LogP contribution is 2.40. The Morgan fingerprint density at radius 2 is 1.86 bits per heavy atom. The molecule has 0 aliphatic heterocycles. The SMILES string of the molecule is Cc1cccc(Cl)c1[C@](C)(CN(CCO)C(=O)/C(CN)=C(/NC1CCC(C)CC1)C(F)(F)F)C(C)C. The fraction of sp³-hybridized carbons (Fsp3) is 0.667. The molecule has 0 saturated heterocycles. The number of carbonyl (C=O) groups is 1. The van der Waals surface area contributed by atoms with Crippen molar-refractivity contribution in [1.29, 1.82) is 0 Å². The molecular weight excluding hydrogens is 491 g/mol. The van der Waals surface area contributed by atoms with Gasteiger partial charge in [0.1, 0.15) is 5.70 Å². The number of amides is 1. The molecule has 36 heavy (non-hydrogen) atoms. The van der Waals surface area contributed by atoms with Crippen LogP contribution >= 0.6 is 11.6 Å². The van der Waals surface area contributed by atoms with Crippen molar-refractivity contribution < 1.29 is 23.1 Å². The van der Waals surface area contributed by atoms with Crippen LogP contribution in [0.3, 0.4) is 0 Å². The second kappa shape index (κ2) is 12.7. The van der Waals surface area contributed by atoms with Gasteiger partial charge in [-0.05, 0) is 61.6 Å². The number of allylic oxidation sites excluding steroid dienone is 1. The Labute approximate surface area is 218 Å². The number of hydrogen-bond acceptors (Lipinski definition) is 4. The summed E-state index contributed by atoms with van der Waals surface area (Å²) in [5.74, 6) is -0.369. The summed E-state index contributed by atoms with van der Waals surface area (Å²) in [5, 5.41) is 12.9. The number of nitrogens with one attached hydrogen (secondary N) is 1. The molecule has 1 aliphatic carbocycles. The first-order valence-corrected chi connectivity index (χ1v) is 13.1. The third-order valence-electron chi connectivity index (χ3n) is 7.66. The molecule has 2 rings (SSSR count). The maximum absolute atomic E-state index is 14.2. The van der Waals surface area contributed by atoms with Gasteiger partial charge in [-0.25, -0.2) is 0 Å². The molecule has 1 aliphatic rings. The third-order valence-corrected chi connectivity index (χ3v) is 7.97. The molecular formula is C27H41ClF3N3O2. The van der Waals surface area contributed by atoms with Crippen molar-refractivity contribution in [2.45, 2.75) is 77.9 Å². The Hall–Kier alpha value is -1.77. The van der Waals surface area contributed by atoms with Crippen LogP contribution in [0.5, 0.6) is 0 Å². The summed E-state index contributed by atoms with van der Waals surface area (Å²) in [6.07, 6.45) is -1.90. The average molecular weight is 532 g/mol. The van der Waals surface area contributed by atoms with Gasteiger partial charge in [-0.2, -0.15) is 13.2 Å². The number of aryl methyl sites for hydroxylation is 1. The highest BCUT2D eigenvalue weighted by molar-refractivity contribution is 6.31. The van der Waals surface area contributed by atoms with Crippen molar-refractivity contribution in [2.24, 2.45) is 17.6 Å². The quantitative estimate of drug-likeness (QED) is 0.357. The summed E-state index contributed by atoms with van der Waals surface area (Å²) in [7, 11) is 0. The van der Waals surface area contributed by atoms with E-state index < -0.39 is 41.9 Å². The van der Waals surface area contributed by atoms with E-state index in [1.807, 2.05) is 39.8 Å². The van der Waals surface area contributed by atoms with Crippen LogP contribution in [0.15, 0.2) is 29.5 Å². The number of hydrogen-bond donors (Lipinski definition) is 3. The number of nitrogens with two attached hydrogens (primary N) is 1. The molecule has 0 bridgehead atoms. The molecule has 204 valence electrons. The number of alkyl halides is 3. The number of benzene rings is 1. The maximum atomic E-state index is 14.2. The van der Waals surface area contributed by atoms with Gasteiger partial charge >= 0.3 is 6.18 Å². The van der Waals surface area contributed by atoms with Gasteiger partial charge in [-0.15, -0.1) is 0 Å². The van der Waals surface area contributed by atoms with Crippen LogP contribution in [0.1, 0.15) is 64.5 Å². The highest BCUT2D eigenvalue weighted by atomic mass is 35.5. The summed E-state index contributed by atoms with van der Waals surface area (Å²) in [6, 6.07) is 5.15. The lowest BCUT2D eigenvalue weighted by atomic mass is 9.71. The van der Waals surface area contributed by atoms with Gasteiger partial charge < -0.3 is 21.1 Å². The van der Waals surface area contributed by atoms with Crippen molar-refractivity contribution in [1.82, 2.24) is 10.2 Å². The third kappa shape index (κ3) is 7.17. The van der Waals surface area contributed by atoms with Gasteiger partial charge in [0.2, 0.25) is 0 Å². The predicted octanol–water partition coefficient (Wildman–Crippen LogP) is 5.33. The fourth-order valence-corrected chi connectivity index (χ4v) is 5.55. The van der Waals surface area contributed by atoms with E-state index in [0.717, 1.165) is 24.0 Å². The molecule has 1 amide bonds. The normalized spacial score (nSPS) is 21.1. The zero-order valence-electron chi connectivity index (χ0n) is 22.0. The van der Waals surface area contributed by atoms with Gasteiger partial charge in [0.05, 0.1) is 12.2 Å². The molecule has 0 unspecified atom stereocenters. The first-order valence-electron chi connectivity index (χ1n) is 12.7. The van der Waals surface area contributed by atoms with Crippen LogP contribution in [0.2, 0.25) is 5.02 Å². The van der Waals surface area contributed by atoms with E-state index in [9.17, 15) is 23.1 Å². The van der Waals surface area contributed by atoms with Crippen LogP contribution in [-0.2, 0) is 10.2 Å². The minimum atomic E-state index is -4.76. The first-order chi connectivity index (χ1) is 16.8. The molecule has 0 spiro atoms. The van der Waals surface area contributed by atoms with Crippen molar-refractivity contribution >= 4 is 17.5 Å². The lowest BCUT2D eigenvalue weighted by Crippen LogP contribution is -2.49. The largest absolute Gasteiger partial charge is 0.431 e. The van der Waals surface area contributed by atoms with Crippen LogP contribution in [0.25, 0.3) is 0 Å². The van der Waals surface area contributed by atoms with Crippen molar-refractivity contribution in [2.75, 3.05) is 26.2 Å². The second-order valence-electron chi connectivity index (χ2n) is 10.6. The van der Waals surface area contributed by atoms with Gasteiger partial charge in [-0.3, -0.25) is 4.79 Å². The molecule has 1 aromatic rings. The van der Waals surface area contributed by atoms with E-state index in [2.05, 4.69) is 12.2 Å². The minimum absolute atomic E-state index is 0.0140. The standard InChI is InChI=1S/C27H41ClF3N3O2/c1-17(2)26(5,23-19(4)7-6-8-22(23)28)16-34(13-14-35)25(36)21(15-32)24(27(29,30)31)33-20-11-9-18(3)10-12-20/h6-8,17-18,20,33,35H,9-16,32H2,1-5H3/b24-21+/t18?,20?,26-/m1/s1. The molecule has 1 atom stereocenters. The van der Waals surface area contributed by atoms with E-state index in [4.69, 9.17) is 17.3 Å². The van der Waals surface area contributed by atoms with Gasteiger partial charge in [-0.1, -0.05) is 51.4 Å². The van der Waals surface area contributed by atoms with E-state index in [1.54, 1.807) is 6.07 Å². The molecule has 9 heteroatoms. The number of rotatable bonds is 10. The maximum Gasteiger partial charge on any atom is 0.431 e. The highest BCUT2D eigenvalue weighted by Gasteiger charge is 2.42. The van der Waals surface area contributed by atoms with Crippen molar-refractivity contribution in [3.63, 3.8) is 0 Å². The second-order valence-corrected chi connectivity index (χ2v) is 11.0. The van der Waals surface area contributed by atoms with Crippen LogP contribution < -0.4 is 11.1 Å². The number of halogens is 4. The molecule has 4 N–H and O–H groups in total. The zero-order chi connectivity index (χ0) is 27.3. The number of nitrogens with zero attached hydrogens (tertiary/aromatic N) is 1. The zero-order valence-corrected chi connectivity index (χ0v) is 22.8. The number of aliphatic hydroxyl groups is 1. The molecule has 5 nitrogen and oxygen atoms in total. The molecule has 0 aromatic heterocycles. The summed E-state index contributed by atoms with van der Waals surface area (Å²) in [6.45, 7) is 8.90. The van der Waals surface area contributed by atoms with Gasteiger partial charge in [0, 0.05) is 36.1 Å². The summed E-state index contributed by atoms with van der Waals surface area (Å²) < 4.78 is 42.7. The van der Waals surface area contributed by atoms with Crippen molar-refractivity contribution in [3.8, 4) is 0 Å². The van der Waals surface area contributed by atoms with E-state index in [1.165, 1.54) is 4.90 Å². The van der Waals surface area contributed by atoms with E-state index in [0.29, 0.717) is 23.8 Å². The Morgan fingerprint density at radius 1 is 1.25 bits per heavy atom. The first kappa shape index (κ1) is 30.5. The average Bonchev–Trinajstić information content (AvgIpc) is 2.79.